The molecular weight excluding hydrogens is 306 g/mol. The number of aromatic nitrogens is 3. The van der Waals surface area contributed by atoms with Crippen molar-refractivity contribution in [2.45, 2.75) is 25.1 Å². The molecule has 2 aliphatic rings. The minimum Gasteiger partial charge on any atom is -0.377 e. The SMILES string of the molecule is CO[C@H]1COC[C@@H]1Nc1nc(-c2ccncc2)nc2c1CCNC2. The minimum atomic E-state index is 0.0432. The van der Waals surface area contributed by atoms with Crippen molar-refractivity contribution in [3.05, 3.63) is 35.8 Å². The molecule has 2 N–H and O–H groups in total. The largest absolute Gasteiger partial charge is 0.377 e. The predicted octanol–water partition coefficient (Wildman–Crippen LogP) is 1.01. The molecule has 0 radical (unpaired) electrons. The van der Waals surface area contributed by atoms with Gasteiger partial charge < -0.3 is 20.1 Å². The second-order valence-corrected chi connectivity index (χ2v) is 6.05. The Balaban J connectivity index is 1.71. The number of methoxy groups -OCH3 is 1. The van der Waals surface area contributed by atoms with Crippen molar-refractivity contribution in [3.8, 4) is 11.4 Å². The maximum absolute atomic E-state index is 5.54. The highest BCUT2D eigenvalue weighted by molar-refractivity contribution is 5.60. The standard InChI is InChI=1S/C17H21N5O2/c1-23-15-10-24-9-14(15)21-17-12-4-7-19-8-13(12)20-16(22-17)11-2-5-18-6-3-11/h2-3,5-6,14-15,19H,4,7-10H2,1H3,(H,20,21,22)/t14-,15-/m0/s1. The fraction of sp³-hybridized carbons (Fsp3) is 0.471. The third-order valence-corrected chi connectivity index (χ3v) is 4.53. The molecule has 0 saturated carbocycles. The molecule has 1 saturated heterocycles. The lowest BCUT2D eigenvalue weighted by Gasteiger charge is -2.24. The van der Waals surface area contributed by atoms with E-state index in [1.807, 2.05) is 12.1 Å². The topological polar surface area (TPSA) is 81.2 Å². The van der Waals surface area contributed by atoms with E-state index in [2.05, 4.69) is 15.6 Å². The molecule has 7 heteroatoms. The maximum atomic E-state index is 5.54. The minimum absolute atomic E-state index is 0.0432. The second kappa shape index (κ2) is 6.80. The summed E-state index contributed by atoms with van der Waals surface area (Å²) in [5.41, 5.74) is 3.21. The van der Waals surface area contributed by atoms with Crippen molar-refractivity contribution in [2.75, 3.05) is 32.2 Å². The highest BCUT2D eigenvalue weighted by Crippen LogP contribution is 2.26. The number of pyridine rings is 1. The van der Waals surface area contributed by atoms with E-state index in [-0.39, 0.29) is 12.1 Å². The average molecular weight is 327 g/mol. The fourth-order valence-corrected chi connectivity index (χ4v) is 3.19. The molecule has 4 rings (SSSR count). The summed E-state index contributed by atoms with van der Waals surface area (Å²) >= 11 is 0. The molecule has 2 atom stereocenters. The molecule has 0 aromatic carbocycles. The number of nitrogens with one attached hydrogen (secondary N) is 2. The number of anilines is 1. The lowest BCUT2D eigenvalue weighted by Crippen LogP contribution is -2.35. The number of ether oxygens (including phenoxy) is 2. The third kappa shape index (κ3) is 2.98. The summed E-state index contributed by atoms with van der Waals surface area (Å²) in [6.45, 7) is 2.94. The molecule has 7 nitrogen and oxygen atoms in total. The van der Waals surface area contributed by atoms with Gasteiger partial charge in [0.05, 0.1) is 24.9 Å². The number of hydrogen-bond acceptors (Lipinski definition) is 7. The van der Waals surface area contributed by atoms with E-state index in [9.17, 15) is 0 Å². The Morgan fingerprint density at radius 3 is 2.96 bits per heavy atom. The van der Waals surface area contributed by atoms with Crippen molar-refractivity contribution >= 4 is 5.82 Å². The van der Waals surface area contributed by atoms with Crippen LogP contribution in [0.1, 0.15) is 11.3 Å². The first-order valence-corrected chi connectivity index (χ1v) is 8.23. The van der Waals surface area contributed by atoms with E-state index >= 15 is 0 Å². The number of rotatable bonds is 4. The summed E-state index contributed by atoms with van der Waals surface area (Å²) < 4.78 is 11.0. The van der Waals surface area contributed by atoms with Crippen LogP contribution in [-0.2, 0) is 22.4 Å². The van der Waals surface area contributed by atoms with Gasteiger partial charge >= 0.3 is 0 Å². The Hall–Kier alpha value is -2.09. The molecule has 2 aliphatic heterocycles. The van der Waals surface area contributed by atoms with Crippen molar-refractivity contribution in [1.82, 2.24) is 20.3 Å². The van der Waals surface area contributed by atoms with Gasteiger partial charge in [0, 0.05) is 37.2 Å². The lowest BCUT2D eigenvalue weighted by atomic mass is 10.1. The van der Waals surface area contributed by atoms with E-state index in [0.29, 0.717) is 13.2 Å². The van der Waals surface area contributed by atoms with Crippen LogP contribution < -0.4 is 10.6 Å². The van der Waals surface area contributed by atoms with Crippen molar-refractivity contribution in [3.63, 3.8) is 0 Å². The normalized spacial score (nSPS) is 23.0. The van der Waals surface area contributed by atoms with Gasteiger partial charge in [0.25, 0.3) is 0 Å². The second-order valence-electron chi connectivity index (χ2n) is 6.05. The van der Waals surface area contributed by atoms with E-state index < -0.39 is 0 Å². The zero-order valence-electron chi connectivity index (χ0n) is 13.7. The molecule has 4 heterocycles. The maximum Gasteiger partial charge on any atom is 0.161 e. The highest BCUT2D eigenvalue weighted by atomic mass is 16.5. The van der Waals surface area contributed by atoms with Crippen LogP contribution in [0.15, 0.2) is 24.5 Å². The first kappa shape index (κ1) is 15.4. The molecule has 0 aliphatic carbocycles. The molecule has 24 heavy (non-hydrogen) atoms. The molecule has 126 valence electrons. The molecule has 0 unspecified atom stereocenters. The van der Waals surface area contributed by atoms with E-state index in [1.165, 1.54) is 5.56 Å². The quantitative estimate of drug-likeness (QED) is 0.867. The Labute approximate surface area is 140 Å². The Morgan fingerprint density at radius 2 is 2.12 bits per heavy atom. The molecule has 2 aromatic rings. The molecule has 0 bridgehead atoms. The van der Waals surface area contributed by atoms with E-state index in [4.69, 9.17) is 19.4 Å². The van der Waals surface area contributed by atoms with Crippen LogP contribution in [0.2, 0.25) is 0 Å². The van der Waals surface area contributed by atoms with Gasteiger partial charge in [0.15, 0.2) is 5.82 Å². The van der Waals surface area contributed by atoms with Crippen molar-refractivity contribution in [1.29, 1.82) is 0 Å². The molecule has 2 aromatic heterocycles. The van der Waals surface area contributed by atoms with Crippen LogP contribution in [0.3, 0.4) is 0 Å². The average Bonchev–Trinajstić information content (AvgIpc) is 3.09. The van der Waals surface area contributed by atoms with Crippen LogP contribution in [0.5, 0.6) is 0 Å². The highest BCUT2D eigenvalue weighted by Gasteiger charge is 2.30. The summed E-state index contributed by atoms with van der Waals surface area (Å²) in [7, 11) is 1.72. The number of hydrogen-bond donors (Lipinski definition) is 2. The first-order valence-electron chi connectivity index (χ1n) is 8.23. The number of nitrogens with zero attached hydrogens (tertiary/aromatic N) is 3. The van der Waals surface area contributed by atoms with Crippen molar-refractivity contribution in [2.24, 2.45) is 0 Å². The van der Waals surface area contributed by atoms with E-state index in [1.54, 1.807) is 19.5 Å². The zero-order chi connectivity index (χ0) is 16.4. The van der Waals surface area contributed by atoms with Crippen LogP contribution in [0, 0.1) is 0 Å². The molecule has 0 amide bonds. The van der Waals surface area contributed by atoms with Gasteiger partial charge in [0.2, 0.25) is 0 Å². The third-order valence-electron chi connectivity index (χ3n) is 4.53. The summed E-state index contributed by atoms with van der Waals surface area (Å²) in [6.07, 6.45) is 4.48. The Kier molecular flexibility index (Phi) is 4.38. The zero-order valence-corrected chi connectivity index (χ0v) is 13.7. The van der Waals surface area contributed by atoms with Gasteiger partial charge in [-0.3, -0.25) is 4.98 Å². The summed E-state index contributed by atoms with van der Waals surface area (Å²) in [4.78, 5) is 13.6. The predicted molar refractivity (Wildman–Crippen MR) is 89.7 cm³/mol. The van der Waals surface area contributed by atoms with Crippen molar-refractivity contribution < 1.29 is 9.47 Å². The molecule has 1 fully saturated rings. The van der Waals surface area contributed by atoms with E-state index in [0.717, 1.165) is 42.4 Å². The monoisotopic (exact) mass is 327 g/mol. The summed E-state index contributed by atoms with van der Waals surface area (Å²) in [5.74, 6) is 1.61. The number of fused-ring (bicyclic) bond motifs is 1. The smallest absolute Gasteiger partial charge is 0.161 e. The molecule has 0 spiro atoms. The van der Waals surface area contributed by atoms with Gasteiger partial charge in [-0.1, -0.05) is 0 Å². The summed E-state index contributed by atoms with van der Waals surface area (Å²) in [5, 5.41) is 6.92. The van der Waals surface area contributed by atoms with Crippen LogP contribution >= 0.6 is 0 Å². The lowest BCUT2D eigenvalue weighted by molar-refractivity contribution is 0.0795. The first-order chi connectivity index (χ1) is 11.8. The Bertz CT molecular complexity index is 710. The molecular formula is C17H21N5O2. The van der Waals surface area contributed by atoms with Crippen LogP contribution in [0.25, 0.3) is 11.4 Å². The van der Waals surface area contributed by atoms with Gasteiger partial charge in [-0.05, 0) is 25.1 Å². The van der Waals surface area contributed by atoms with Crippen LogP contribution in [0.4, 0.5) is 5.82 Å². The van der Waals surface area contributed by atoms with Gasteiger partial charge in [-0.2, -0.15) is 0 Å². The van der Waals surface area contributed by atoms with Crippen LogP contribution in [-0.4, -0.2) is 54.0 Å². The van der Waals surface area contributed by atoms with Gasteiger partial charge in [-0.15, -0.1) is 0 Å². The fourth-order valence-electron chi connectivity index (χ4n) is 3.19. The Morgan fingerprint density at radius 1 is 1.25 bits per heavy atom. The summed E-state index contributed by atoms with van der Waals surface area (Å²) in [6, 6.07) is 3.96. The van der Waals surface area contributed by atoms with Gasteiger partial charge in [0.1, 0.15) is 11.9 Å². The van der Waals surface area contributed by atoms with Gasteiger partial charge in [-0.25, -0.2) is 9.97 Å².